The number of rotatable bonds is 1. The molecule has 90 valence electrons. The van der Waals surface area contributed by atoms with E-state index in [0.717, 1.165) is 11.8 Å². The number of esters is 1. The van der Waals surface area contributed by atoms with E-state index in [4.69, 9.17) is 0 Å². The fourth-order valence-electron chi connectivity index (χ4n) is 1.42. The Hall–Kier alpha value is -1.34. The number of methoxy groups -OCH3 is 1. The zero-order valence-corrected chi connectivity index (χ0v) is 10.4. The molecular weight excluding hydrogens is 264 g/mol. The van der Waals surface area contributed by atoms with Crippen LogP contribution in [-0.4, -0.2) is 32.4 Å². The van der Waals surface area contributed by atoms with Crippen molar-refractivity contribution >= 4 is 32.7 Å². The summed E-state index contributed by atoms with van der Waals surface area (Å²) in [6, 6.07) is 4.17. The lowest BCUT2D eigenvalue weighted by Gasteiger charge is -2.14. The van der Waals surface area contributed by atoms with E-state index in [1.54, 1.807) is 0 Å². The second-order valence-electron chi connectivity index (χ2n) is 3.32. The highest BCUT2D eigenvalue weighted by Gasteiger charge is 2.33. The van der Waals surface area contributed by atoms with Crippen molar-refractivity contribution < 1.29 is 22.7 Å². The van der Waals surface area contributed by atoms with E-state index < -0.39 is 20.9 Å². The molecule has 0 spiro atoms. The van der Waals surface area contributed by atoms with Gasteiger partial charge in [0, 0.05) is 4.90 Å². The van der Waals surface area contributed by atoms with Gasteiger partial charge in [-0.1, -0.05) is 0 Å². The summed E-state index contributed by atoms with van der Waals surface area (Å²) in [5.74, 6) is -0.724. The summed E-state index contributed by atoms with van der Waals surface area (Å²) < 4.78 is 28.0. The van der Waals surface area contributed by atoms with Gasteiger partial charge < -0.3 is 4.74 Å². The van der Waals surface area contributed by atoms with Gasteiger partial charge in [-0.15, -0.1) is 11.8 Å². The molecule has 1 aromatic carbocycles. The molecule has 1 aromatic rings. The molecule has 0 bridgehead atoms. The standard InChI is InChI=1S/C10H8O5S2/c1-15-10(12)6-2-3-7-8(4-6)17(13,14)9(11)5-16-7/h2-4H,5H2,1H3. The fourth-order valence-corrected chi connectivity index (χ4v) is 4.22. The number of fused-ring (bicyclic) bond motifs is 1. The number of carbonyl (C=O) groups excluding carboxylic acids is 2. The van der Waals surface area contributed by atoms with Crippen molar-refractivity contribution in [3.05, 3.63) is 23.8 Å². The second kappa shape index (κ2) is 4.15. The zero-order chi connectivity index (χ0) is 12.6. The molecule has 0 unspecified atom stereocenters. The molecule has 0 amide bonds. The number of hydrogen-bond acceptors (Lipinski definition) is 6. The van der Waals surface area contributed by atoms with Gasteiger partial charge in [0.15, 0.2) is 0 Å². The van der Waals surface area contributed by atoms with Crippen molar-refractivity contribution in [3.63, 3.8) is 0 Å². The second-order valence-corrected chi connectivity index (χ2v) is 6.24. The Morgan fingerprint density at radius 3 is 2.76 bits per heavy atom. The molecule has 1 aliphatic heterocycles. The van der Waals surface area contributed by atoms with Crippen LogP contribution in [0.15, 0.2) is 28.0 Å². The first kappa shape index (κ1) is 12.1. The Labute approximate surface area is 102 Å². The number of hydrogen-bond donors (Lipinski definition) is 0. The average molecular weight is 272 g/mol. The van der Waals surface area contributed by atoms with Gasteiger partial charge in [0.1, 0.15) is 0 Å². The maximum Gasteiger partial charge on any atom is 0.337 e. The molecule has 0 saturated carbocycles. The molecule has 0 saturated heterocycles. The van der Waals surface area contributed by atoms with Gasteiger partial charge in [-0.3, -0.25) is 4.79 Å². The molecule has 0 radical (unpaired) electrons. The van der Waals surface area contributed by atoms with Crippen LogP contribution in [0.2, 0.25) is 0 Å². The summed E-state index contributed by atoms with van der Waals surface area (Å²) in [5, 5.41) is -0.836. The Morgan fingerprint density at radius 1 is 1.41 bits per heavy atom. The third-order valence-electron chi connectivity index (χ3n) is 2.30. The quantitative estimate of drug-likeness (QED) is 0.706. The molecule has 5 nitrogen and oxygen atoms in total. The van der Waals surface area contributed by atoms with E-state index >= 15 is 0 Å². The van der Waals surface area contributed by atoms with E-state index in [9.17, 15) is 18.0 Å². The topological polar surface area (TPSA) is 77.5 Å². The molecule has 7 heteroatoms. The third-order valence-corrected chi connectivity index (χ3v) is 5.35. The highest BCUT2D eigenvalue weighted by Crippen LogP contribution is 2.34. The van der Waals surface area contributed by atoms with Crippen LogP contribution >= 0.6 is 11.8 Å². The normalized spacial score (nSPS) is 17.4. The van der Waals surface area contributed by atoms with Gasteiger partial charge in [0.2, 0.25) is 9.84 Å². The maximum atomic E-state index is 11.8. The van der Waals surface area contributed by atoms with Crippen LogP contribution in [0.3, 0.4) is 0 Å². The first-order chi connectivity index (χ1) is 7.96. The first-order valence-corrected chi connectivity index (χ1v) is 7.07. The predicted molar refractivity (Wildman–Crippen MR) is 60.7 cm³/mol. The molecule has 17 heavy (non-hydrogen) atoms. The highest BCUT2D eigenvalue weighted by molar-refractivity contribution is 8.12. The number of carbonyl (C=O) groups is 2. The largest absolute Gasteiger partial charge is 0.465 e. The molecule has 0 fully saturated rings. The Balaban J connectivity index is 2.62. The van der Waals surface area contributed by atoms with Crippen LogP contribution in [0.1, 0.15) is 10.4 Å². The number of thioether (sulfide) groups is 1. The molecule has 2 rings (SSSR count). The number of ether oxygens (including phenoxy) is 1. The first-order valence-electron chi connectivity index (χ1n) is 4.60. The third kappa shape index (κ3) is 1.96. The van der Waals surface area contributed by atoms with E-state index in [1.165, 1.54) is 25.3 Å². The molecule has 1 heterocycles. The van der Waals surface area contributed by atoms with Crippen LogP contribution in [0, 0.1) is 0 Å². The summed E-state index contributed by atoms with van der Waals surface area (Å²) in [6.45, 7) is 0. The lowest BCUT2D eigenvalue weighted by Crippen LogP contribution is -2.22. The van der Waals surface area contributed by atoms with Gasteiger partial charge in [0.25, 0.3) is 5.12 Å². The summed E-state index contributed by atoms with van der Waals surface area (Å²) in [7, 11) is -2.75. The molecule has 0 N–H and O–H groups in total. The van der Waals surface area contributed by atoms with Gasteiger partial charge in [-0.05, 0) is 18.2 Å². The summed E-state index contributed by atoms with van der Waals surface area (Å²) in [6.07, 6.45) is 0. The van der Waals surface area contributed by atoms with Crippen molar-refractivity contribution in [1.29, 1.82) is 0 Å². The van der Waals surface area contributed by atoms with Crippen LogP contribution in [0.4, 0.5) is 0 Å². The number of benzene rings is 1. The summed E-state index contributed by atoms with van der Waals surface area (Å²) in [5.41, 5.74) is 0.116. The van der Waals surface area contributed by atoms with Crippen molar-refractivity contribution in [3.8, 4) is 0 Å². The van der Waals surface area contributed by atoms with Gasteiger partial charge in [0.05, 0.1) is 23.3 Å². The minimum atomic E-state index is -3.95. The Bertz CT molecular complexity index is 603. The maximum absolute atomic E-state index is 11.8. The summed E-state index contributed by atoms with van der Waals surface area (Å²) in [4.78, 5) is 23.0. The SMILES string of the molecule is COC(=O)c1ccc2c(c1)S(=O)(=O)C(=O)CS2. The van der Waals surface area contributed by atoms with E-state index in [1.807, 2.05) is 0 Å². The van der Waals surface area contributed by atoms with E-state index in [0.29, 0.717) is 4.90 Å². The zero-order valence-electron chi connectivity index (χ0n) is 8.80. The van der Waals surface area contributed by atoms with Crippen LogP contribution in [-0.2, 0) is 19.4 Å². The minimum Gasteiger partial charge on any atom is -0.465 e. The lowest BCUT2D eigenvalue weighted by atomic mass is 10.2. The Morgan fingerprint density at radius 2 is 2.12 bits per heavy atom. The van der Waals surface area contributed by atoms with E-state index in [-0.39, 0.29) is 16.2 Å². The monoisotopic (exact) mass is 272 g/mol. The van der Waals surface area contributed by atoms with Crippen molar-refractivity contribution in [1.82, 2.24) is 0 Å². The van der Waals surface area contributed by atoms with Crippen molar-refractivity contribution in [2.45, 2.75) is 9.79 Å². The average Bonchev–Trinajstić information content (AvgIpc) is 2.33. The smallest absolute Gasteiger partial charge is 0.337 e. The van der Waals surface area contributed by atoms with Gasteiger partial charge in [-0.25, -0.2) is 13.2 Å². The van der Waals surface area contributed by atoms with Crippen LogP contribution in [0.25, 0.3) is 0 Å². The summed E-state index contributed by atoms with van der Waals surface area (Å²) >= 11 is 1.15. The fraction of sp³-hybridized carbons (Fsp3) is 0.200. The molecule has 0 aliphatic carbocycles. The molecule has 0 atom stereocenters. The molecule has 1 aliphatic rings. The predicted octanol–water partition coefficient (Wildman–Crippen LogP) is 0.879. The molecular formula is C10H8O5S2. The highest BCUT2D eigenvalue weighted by atomic mass is 32.2. The van der Waals surface area contributed by atoms with Crippen LogP contribution < -0.4 is 0 Å². The van der Waals surface area contributed by atoms with Crippen molar-refractivity contribution in [2.75, 3.05) is 12.9 Å². The number of sulfone groups is 1. The van der Waals surface area contributed by atoms with Crippen molar-refractivity contribution in [2.24, 2.45) is 0 Å². The van der Waals surface area contributed by atoms with Crippen LogP contribution in [0.5, 0.6) is 0 Å². The van der Waals surface area contributed by atoms with Gasteiger partial charge in [-0.2, -0.15) is 0 Å². The minimum absolute atomic E-state index is 0.0904. The van der Waals surface area contributed by atoms with Gasteiger partial charge >= 0.3 is 5.97 Å². The Kier molecular flexibility index (Phi) is 2.96. The lowest BCUT2D eigenvalue weighted by molar-refractivity contribution is -0.109. The van der Waals surface area contributed by atoms with E-state index in [2.05, 4.69) is 4.74 Å². The molecule has 0 aromatic heterocycles.